The summed E-state index contributed by atoms with van der Waals surface area (Å²) in [6.45, 7) is 6.87. The molecule has 0 aromatic carbocycles. The Hall–Kier alpha value is -1.36. The highest BCUT2D eigenvalue weighted by Crippen LogP contribution is 2.11. The predicted molar refractivity (Wildman–Crippen MR) is 74.0 cm³/mol. The van der Waals surface area contributed by atoms with Gasteiger partial charge in [0.1, 0.15) is 12.1 Å². The molecule has 5 nitrogen and oxygen atoms in total. The summed E-state index contributed by atoms with van der Waals surface area (Å²) in [6.07, 6.45) is 2.61. The fourth-order valence-electron chi connectivity index (χ4n) is 1.38. The van der Waals surface area contributed by atoms with Gasteiger partial charge in [-0.3, -0.25) is 0 Å². The summed E-state index contributed by atoms with van der Waals surface area (Å²) < 4.78 is 5.55. The Morgan fingerprint density at radius 2 is 2.11 bits per heavy atom. The Bertz CT molecular complexity index is 342. The highest BCUT2D eigenvalue weighted by atomic mass is 16.5. The lowest BCUT2D eigenvalue weighted by Crippen LogP contribution is -2.16. The minimum absolute atomic E-state index is 0.497. The summed E-state index contributed by atoms with van der Waals surface area (Å²) in [4.78, 5) is 10.4. The number of ether oxygens (including phenoxy) is 1. The van der Waals surface area contributed by atoms with Gasteiger partial charge in [-0.15, -0.1) is 0 Å². The number of nitrogens with one attached hydrogen (secondary N) is 1. The molecule has 0 fully saturated rings. The lowest BCUT2D eigenvalue weighted by Gasteiger charge is -2.11. The van der Waals surface area contributed by atoms with Gasteiger partial charge in [0.05, 0.1) is 6.61 Å². The fourth-order valence-corrected chi connectivity index (χ4v) is 1.38. The van der Waals surface area contributed by atoms with Crippen LogP contribution in [-0.4, -0.2) is 48.7 Å². The van der Waals surface area contributed by atoms with Crippen LogP contribution < -0.4 is 10.1 Å². The SMILES string of the molecule is CC(C)COc1cc(NCCCN(C)C)ncn1. The molecule has 18 heavy (non-hydrogen) atoms. The van der Waals surface area contributed by atoms with Crippen molar-refractivity contribution < 1.29 is 4.74 Å². The lowest BCUT2D eigenvalue weighted by atomic mass is 10.2. The van der Waals surface area contributed by atoms with Gasteiger partial charge in [-0.2, -0.15) is 0 Å². The molecule has 102 valence electrons. The van der Waals surface area contributed by atoms with E-state index in [2.05, 4.69) is 48.1 Å². The molecule has 5 heteroatoms. The van der Waals surface area contributed by atoms with E-state index in [1.54, 1.807) is 0 Å². The van der Waals surface area contributed by atoms with Gasteiger partial charge >= 0.3 is 0 Å². The van der Waals surface area contributed by atoms with Gasteiger partial charge in [0, 0.05) is 12.6 Å². The van der Waals surface area contributed by atoms with Gasteiger partial charge < -0.3 is 15.0 Å². The van der Waals surface area contributed by atoms with Gasteiger partial charge in [0.2, 0.25) is 5.88 Å². The van der Waals surface area contributed by atoms with E-state index in [1.807, 2.05) is 6.07 Å². The molecule has 1 N–H and O–H groups in total. The van der Waals surface area contributed by atoms with Crippen LogP contribution in [0.1, 0.15) is 20.3 Å². The van der Waals surface area contributed by atoms with Gasteiger partial charge in [-0.25, -0.2) is 9.97 Å². The maximum Gasteiger partial charge on any atom is 0.218 e. The van der Waals surface area contributed by atoms with Crippen LogP contribution in [0.2, 0.25) is 0 Å². The molecule has 0 saturated heterocycles. The van der Waals surface area contributed by atoms with Gasteiger partial charge in [0.25, 0.3) is 0 Å². The van der Waals surface area contributed by atoms with E-state index in [4.69, 9.17) is 4.74 Å². The van der Waals surface area contributed by atoms with Crippen LogP contribution in [0.25, 0.3) is 0 Å². The summed E-state index contributed by atoms with van der Waals surface area (Å²) in [5.41, 5.74) is 0. The standard InChI is InChI=1S/C13H24N4O/c1-11(2)9-18-13-8-12(15-10-16-13)14-6-5-7-17(3)4/h8,10-11H,5-7,9H2,1-4H3,(H,14,15,16). The molecule has 0 spiro atoms. The number of anilines is 1. The second kappa shape index (κ2) is 7.87. The Kier molecular flexibility index (Phi) is 6.43. The molecule has 1 aromatic rings. The maximum atomic E-state index is 5.55. The van der Waals surface area contributed by atoms with E-state index in [9.17, 15) is 0 Å². The zero-order valence-electron chi connectivity index (χ0n) is 11.8. The summed E-state index contributed by atoms with van der Waals surface area (Å²) in [6, 6.07) is 1.85. The van der Waals surface area contributed by atoms with Crippen molar-refractivity contribution in [2.45, 2.75) is 20.3 Å². The van der Waals surface area contributed by atoms with Crippen LogP contribution in [-0.2, 0) is 0 Å². The Morgan fingerprint density at radius 1 is 1.33 bits per heavy atom. The van der Waals surface area contributed by atoms with Crippen molar-refractivity contribution in [2.75, 3.05) is 39.1 Å². The minimum Gasteiger partial charge on any atom is -0.477 e. The van der Waals surface area contributed by atoms with E-state index < -0.39 is 0 Å². The Labute approximate surface area is 110 Å². The van der Waals surface area contributed by atoms with E-state index in [-0.39, 0.29) is 0 Å². The van der Waals surface area contributed by atoms with Crippen molar-refractivity contribution in [3.8, 4) is 5.88 Å². The molecule has 0 amide bonds. The maximum absolute atomic E-state index is 5.55. The van der Waals surface area contributed by atoms with Crippen LogP contribution in [0.3, 0.4) is 0 Å². The summed E-state index contributed by atoms with van der Waals surface area (Å²) in [5, 5.41) is 3.27. The van der Waals surface area contributed by atoms with Crippen molar-refractivity contribution in [3.63, 3.8) is 0 Å². The molecule has 0 aliphatic rings. The number of rotatable bonds is 8. The topological polar surface area (TPSA) is 50.3 Å². The summed E-state index contributed by atoms with van der Waals surface area (Å²) in [5.74, 6) is 1.95. The van der Waals surface area contributed by atoms with Crippen LogP contribution >= 0.6 is 0 Å². The normalized spacial score (nSPS) is 11.0. The van der Waals surface area contributed by atoms with Crippen molar-refractivity contribution in [2.24, 2.45) is 5.92 Å². The van der Waals surface area contributed by atoms with Crippen molar-refractivity contribution in [3.05, 3.63) is 12.4 Å². The zero-order valence-corrected chi connectivity index (χ0v) is 11.8. The fraction of sp³-hybridized carbons (Fsp3) is 0.692. The van der Waals surface area contributed by atoms with E-state index >= 15 is 0 Å². The van der Waals surface area contributed by atoms with Gasteiger partial charge in [-0.05, 0) is 33.0 Å². The molecule has 1 aromatic heterocycles. The van der Waals surface area contributed by atoms with Gasteiger partial charge in [0.15, 0.2) is 0 Å². The first-order valence-corrected chi connectivity index (χ1v) is 6.41. The Morgan fingerprint density at radius 3 is 2.78 bits per heavy atom. The monoisotopic (exact) mass is 252 g/mol. The molecular weight excluding hydrogens is 228 g/mol. The van der Waals surface area contributed by atoms with Crippen LogP contribution in [0.4, 0.5) is 5.82 Å². The first kappa shape index (κ1) is 14.7. The average molecular weight is 252 g/mol. The number of aromatic nitrogens is 2. The number of hydrogen-bond donors (Lipinski definition) is 1. The first-order valence-electron chi connectivity index (χ1n) is 6.41. The third kappa shape index (κ3) is 6.39. The molecule has 0 bridgehead atoms. The third-order valence-corrected chi connectivity index (χ3v) is 2.29. The zero-order chi connectivity index (χ0) is 13.4. The van der Waals surface area contributed by atoms with Crippen molar-refractivity contribution in [1.29, 1.82) is 0 Å². The molecule has 1 rings (SSSR count). The molecular formula is C13H24N4O. The second-order valence-electron chi connectivity index (χ2n) is 5.03. The third-order valence-electron chi connectivity index (χ3n) is 2.29. The molecule has 1 heterocycles. The molecule has 0 radical (unpaired) electrons. The van der Waals surface area contributed by atoms with E-state index in [0.29, 0.717) is 18.4 Å². The Balaban J connectivity index is 2.34. The smallest absolute Gasteiger partial charge is 0.218 e. The first-order chi connectivity index (χ1) is 8.58. The number of nitrogens with zero attached hydrogens (tertiary/aromatic N) is 3. The second-order valence-corrected chi connectivity index (χ2v) is 5.03. The van der Waals surface area contributed by atoms with E-state index in [0.717, 1.165) is 25.3 Å². The molecule has 0 saturated carbocycles. The van der Waals surface area contributed by atoms with Gasteiger partial charge in [-0.1, -0.05) is 13.8 Å². The summed E-state index contributed by atoms with van der Waals surface area (Å²) >= 11 is 0. The average Bonchev–Trinajstić information content (AvgIpc) is 2.32. The minimum atomic E-state index is 0.497. The van der Waals surface area contributed by atoms with Crippen LogP contribution in [0.15, 0.2) is 12.4 Å². The quantitative estimate of drug-likeness (QED) is 0.716. The van der Waals surface area contributed by atoms with Crippen LogP contribution in [0.5, 0.6) is 5.88 Å². The number of hydrogen-bond acceptors (Lipinski definition) is 5. The highest BCUT2D eigenvalue weighted by Gasteiger charge is 2.01. The van der Waals surface area contributed by atoms with Crippen molar-refractivity contribution >= 4 is 5.82 Å². The molecule has 0 aliphatic carbocycles. The highest BCUT2D eigenvalue weighted by molar-refractivity contribution is 5.36. The predicted octanol–water partition coefficient (Wildman–Crippen LogP) is 1.87. The molecule has 0 atom stereocenters. The van der Waals surface area contributed by atoms with Crippen molar-refractivity contribution in [1.82, 2.24) is 14.9 Å². The molecule has 0 unspecified atom stereocenters. The largest absolute Gasteiger partial charge is 0.477 e. The van der Waals surface area contributed by atoms with E-state index in [1.165, 1.54) is 6.33 Å². The molecule has 0 aliphatic heterocycles. The summed E-state index contributed by atoms with van der Waals surface area (Å²) in [7, 11) is 4.14. The lowest BCUT2D eigenvalue weighted by molar-refractivity contribution is 0.261. The van der Waals surface area contributed by atoms with Crippen LogP contribution in [0, 0.1) is 5.92 Å².